The molecule has 0 radical (unpaired) electrons. The normalized spacial score (nSPS) is 10.5. The SMILES string of the molecule is COc1cc(F)cc2cc(C(=O)O)[nH]c12. The lowest BCUT2D eigenvalue weighted by Crippen LogP contribution is -1.95. The van der Waals surface area contributed by atoms with Gasteiger partial charge in [0.1, 0.15) is 17.3 Å². The van der Waals surface area contributed by atoms with Gasteiger partial charge in [0.2, 0.25) is 0 Å². The van der Waals surface area contributed by atoms with Crippen molar-refractivity contribution < 1.29 is 19.0 Å². The highest BCUT2D eigenvalue weighted by Gasteiger charge is 2.11. The van der Waals surface area contributed by atoms with Crippen LogP contribution in [-0.4, -0.2) is 23.2 Å². The van der Waals surface area contributed by atoms with Crippen LogP contribution in [0.5, 0.6) is 5.75 Å². The molecule has 4 nitrogen and oxygen atoms in total. The Hall–Kier alpha value is -2.04. The Balaban J connectivity index is 2.74. The first kappa shape index (κ1) is 9.51. The van der Waals surface area contributed by atoms with Crippen molar-refractivity contribution in [3.63, 3.8) is 0 Å². The molecule has 1 heterocycles. The average molecular weight is 209 g/mol. The van der Waals surface area contributed by atoms with Gasteiger partial charge in [0.25, 0.3) is 0 Å². The monoisotopic (exact) mass is 209 g/mol. The minimum atomic E-state index is -1.09. The van der Waals surface area contributed by atoms with Gasteiger partial charge in [-0.05, 0) is 12.1 Å². The number of hydrogen-bond acceptors (Lipinski definition) is 2. The van der Waals surface area contributed by atoms with Crippen molar-refractivity contribution >= 4 is 16.9 Å². The highest BCUT2D eigenvalue weighted by molar-refractivity contribution is 5.95. The molecule has 1 aromatic heterocycles. The highest BCUT2D eigenvalue weighted by atomic mass is 19.1. The fraction of sp³-hybridized carbons (Fsp3) is 0.100. The summed E-state index contributed by atoms with van der Waals surface area (Å²) in [5, 5.41) is 9.23. The van der Waals surface area contributed by atoms with Gasteiger partial charge in [-0.25, -0.2) is 9.18 Å². The van der Waals surface area contributed by atoms with Gasteiger partial charge >= 0.3 is 5.97 Å². The number of ether oxygens (including phenoxy) is 1. The molecule has 0 spiro atoms. The van der Waals surface area contributed by atoms with Crippen LogP contribution in [0, 0.1) is 5.82 Å². The summed E-state index contributed by atoms with van der Waals surface area (Å²) in [6.07, 6.45) is 0. The van der Waals surface area contributed by atoms with E-state index in [9.17, 15) is 9.18 Å². The molecule has 0 fully saturated rings. The minimum Gasteiger partial charge on any atom is -0.494 e. The zero-order chi connectivity index (χ0) is 11.0. The van der Waals surface area contributed by atoms with E-state index in [1.54, 1.807) is 0 Å². The Morgan fingerprint density at radius 1 is 1.47 bits per heavy atom. The van der Waals surface area contributed by atoms with Crippen LogP contribution < -0.4 is 4.74 Å². The van der Waals surface area contributed by atoms with Gasteiger partial charge in [0.15, 0.2) is 0 Å². The second-order valence-corrected chi connectivity index (χ2v) is 3.06. The second-order valence-electron chi connectivity index (χ2n) is 3.06. The number of fused-ring (bicyclic) bond motifs is 1. The predicted octanol–water partition coefficient (Wildman–Crippen LogP) is 2.01. The third kappa shape index (κ3) is 1.52. The maximum Gasteiger partial charge on any atom is 0.352 e. The fourth-order valence-electron chi connectivity index (χ4n) is 1.45. The number of halogens is 1. The molecule has 78 valence electrons. The van der Waals surface area contributed by atoms with Crippen molar-refractivity contribution in [3.05, 3.63) is 29.7 Å². The van der Waals surface area contributed by atoms with Crippen molar-refractivity contribution in [1.29, 1.82) is 0 Å². The van der Waals surface area contributed by atoms with Crippen molar-refractivity contribution in [3.8, 4) is 5.75 Å². The Morgan fingerprint density at radius 3 is 2.80 bits per heavy atom. The molecule has 0 unspecified atom stereocenters. The summed E-state index contributed by atoms with van der Waals surface area (Å²) in [5.41, 5.74) is 0.491. The van der Waals surface area contributed by atoms with Crippen molar-refractivity contribution in [1.82, 2.24) is 4.98 Å². The van der Waals surface area contributed by atoms with E-state index in [1.807, 2.05) is 0 Å². The Bertz CT molecular complexity index is 533. The van der Waals surface area contributed by atoms with Crippen LogP contribution in [0.2, 0.25) is 0 Å². The molecule has 2 N–H and O–H groups in total. The van der Waals surface area contributed by atoms with E-state index in [0.717, 1.165) is 0 Å². The molecule has 1 aromatic carbocycles. The van der Waals surface area contributed by atoms with Gasteiger partial charge in [-0.2, -0.15) is 0 Å². The molecular formula is C10H8FNO3. The number of H-pyrrole nitrogens is 1. The largest absolute Gasteiger partial charge is 0.494 e. The van der Waals surface area contributed by atoms with Gasteiger partial charge < -0.3 is 14.8 Å². The average Bonchev–Trinajstić information content (AvgIpc) is 2.59. The van der Waals surface area contributed by atoms with Crippen molar-refractivity contribution in [2.45, 2.75) is 0 Å². The number of aromatic carboxylic acids is 1. The summed E-state index contributed by atoms with van der Waals surface area (Å²) in [4.78, 5) is 13.3. The number of rotatable bonds is 2. The first-order valence-electron chi connectivity index (χ1n) is 4.21. The molecule has 0 saturated carbocycles. The Morgan fingerprint density at radius 2 is 2.20 bits per heavy atom. The smallest absolute Gasteiger partial charge is 0.352 e. The van der Waals surface area contributed by atoms with E-state index in [4.69, 9.17) is 9.84 Å². The third-order valence-corrected chi connectivity index (χ3v) is 2.11. The molecule has 5 heteroatoms. The number of benzene rings is 1. The van der Waals surface area contributed by atoms with Crippen molar-refractivity contribution in [2.75, 3.05) is 7.11 Å². The molecule has 15 heavy (non-hydrogen) atoms. The summed E-state index contributed by atoms with van der Waals surface area (Å²) in [7, 11) is 1.40. The van der Waals surface area contributed by atoms with Crippen molar-refractivity contribution in [2.24, 2.45) is 0 Å². The van der Waals surface area contributed by atoms with Gasteiger partial charge in [-0.15, -0.1) is 0 Å². The van der Waals surface area contributed by atoms with E-state index >= 15 is 0 Å². The molecule has 0 saturated heterocycles. The van der Waals surface area contributed by atoms with Crippen LogP contribution in [0.1, 0.15) is 10.5 Å². The van der Waals surface area contributed by atoms with Crippen LogP contribution in [0.15, 0.2) is 18.2 Å². The van der Waals surface area contributed by atoms with Gasteiger partial charge in [0.05, 0.1) is 12.6 Å². The molecule has 0 aliphatic carbocycles. The number of nitrogens with one attached hydrogen (secondary N) is 1. The number of carbonyl (C=O) groups is 1. The highest BCUT2D eigenvalue weighted by Crippen LogP contribution is 2.27. The third-order valence-electron chi connectivity index (χ3n) is 2.11. The Labute approximate surface area is 84.3 Å². The minimum absolute atomic E-state index is 0.00824. The summed E-state index contributed by atoms with van der Waals surface area (Å²) < 4.78 is 18.0. The van der Waals surface area contributed by atoms with Crippen LogP contribution in [-0.2, 0) is 0 Å². The van der Waals surface area contributed by atoms with Gasteiger partial charge in [-0.1, -0.05) is 0 Å². The lowest BCUT2D eigenvalue weighted by Gasteiger charge is -2.00. The van der Waals surface area contributed by atoms with Crippen LogP contribution in [0.4, 0.5) is 4.39 Å². The van der Waals surface area contributed by atoms with E-state index in [2.05, 4.69) is 4.98 Å². The molecule has 0 bridgehead atoms. The fourth-order valence-corrected chi connectivity index (χ4v) is 1.45. The maximum atomic E-state index is 13.1. The van der Waals surface area contributed by atoms with Crippen LogP contribution in [0.3, 0.4) is 0 Å². The molecule has 0 amide bonds. The molecular weight excluding hydrogens is 201 g/mol. The summed E-state index contributed by atoms with van der Waals surface area (Å²) >= 11 is 0. The number of hydrogen-bond donors (Lipinski definition) is 2. The number of aromatic amines is 1. The standard InChI is InChI=1S/C10H8FNO3/c1-15-8-4-6(11)2-5-3-7(10(13)14)12-9(5)8/h2-4,12H,1H3,(H,13,14). The lowest BCUT2D eigenvalue weighted by molar-refractivity contribution is 0.0691. The van der Waals surface area contributed by atoms with E-state index in [-0.39, 0.29) is 11.4 Å². The van der Waals surface area contributed by atoms with Gasteiger partial charge in [-0.3, -0.25) is 0 Å². The number of carboxylic acids is 1. The quantitative estimate of drug-likeness (QED) is 0.795. The van der Waals surface area contributed by atoms with E-state index < -0.39 is 11.8 Å². The Kier molecular flexibility index (Phi) is 2.07. The molecule has 0 aliphatic heterocycles. The molecule has 2 rings (SSSR count). The first-order chi connectivity index (χ1) is 7.11. The van der Waals surface area contributed by atoms with E-state index in [0.29, 0.717) is 10.9 Å². The summed E-state index contributed by atoms with van der Waals surface area (Å²) in [5.74, 6) is -1.26. The first-order valence-corrected chi connectivity index (χ1v) is 4.21. The number of carboxylic acid groups (broad SMARTS) is 1. The second kappa shape index (κ2) is 3.27. The van der Waals surface area contributed by atoms with Crippen LogP contribution in [0.25, 0.3) is 10.9 Å². The predicted molar refractivity (Wildman–Crippen MR) is 51.8 cm³/mol. The zero-order valence-electron chi connectivity index (χ0n) is 7.87. The summed E-state index contributed by atoms with van der Waals surface area (Å²) in [6, 6.07) is 3.81. The number of aromatic nitrogens is 1. The van der Waals surface area contributed by atoms with Gasteiger partial charge in [0, 0.05) is 11.5 Å². The lowest BCUT2D eigenvalue weighted by atomic mass is 10.2. The van der Waals surface area contributed by atoms with Crippen LogP contribution >= 0.6 is 0 Å². The summed E-state index contributed by atoms with van der Waals surface area (Å²) in [6.45, 7) is 0. The zero-order valence-corrected chi connectivity index (χ0v) is 7.87. The maximum absolute atomic E-state index is 13.1. The van der Waals surface area contributed by atoms with E-state index in [1.165, 1.54) is 25.3 Å². The topological polar surface area (TPSA) is 62.3 Å². The molecule has 2 aromatic rings. The molecule has 0 atom stereocenters. The molecule has 0 aliphatic rings. The number of methoxy groups -OCH3 is 1.